The molecule has 0 bridgehead atoms. The molecule has 0 aliphatic heterocycles. The van der Waals surface area contributed by atoms with Crippen molar-refractivity contribution in [2.75, 3.05) is 33.9 Å². The monoisotopic (exact) mass is 226 g/mol. The van der Waals surface area contributed by atoms with E-state index in [0.29, 0.717) is 0 Å². The zero-order chi connectivity index (χ0) is 11.8. The minimum Gasteiger partial charge on any atom is -0.468 e. The summed E-state index contributed by atoms with van der Waals surface area (Å²) in [5.74, 6) is 1.02. The molecular formula is C12H22N2O2. The van der Waals surface area contributed by atoms with Crippen molar-refractivity contribution < 1.29 is 9.15 Å². The van der Waals surface area contributed by atoms with Crippen molar-refractivity contribution >= 4 is 0 Å². The van der Waals surface area contributed by atoms with Gasteiger partial charge in [0.15, 0.2) is 0 Å². The fourth-order valence-electron chi connectivity index (χ4n) is 1.56. The molecule has 0 radical (unpaired) electrons. The zero-order valence-corrected chi connectivity index (χ0v) is 10.5. The third-order valence-corrected chi connectivity index (χ3v) is 2.44. The van der Waals surface area contributed by atoms with E-state index in [9.17, 15) is 0 Å². The number of nitrogens with zero attached hydrogens (tertiary/aromatic N) is 1. The Morgan fingerprint density at radius 3 is 3.00 bits per heavy atom. The molecule has 0 aromatic carbocycles. The van der Waals surface area contributed by atoms with Crippen LogP contribution in [0.15, 0.2) is 16.7 Å². The van der Waals surface area contributed by atoms with Gasteiger partial charge >= 0.3 is 0 Å². The Labute approximate surface area is 97.6 Å². The van der Waals surface area contributed by atoms with Crippen molar-refractivity contribution in [2.24, 2.45) is 0 Å². The van der Waals surface area contributed by atoms with Crippen LogP contribution >= 0.6 is 0 Å². The van der Waals surface area contributed by atoms with E-state index in [2.05, 4.69) is 17.3 Å². The lowest BCUT2D eigenvalue weighted by Crippen LogP contribution is -2.23. The second-order valence-corrected chi connectivity index (χ2v) is 3.83. The Kier molecular flexibility index (Phi) is 6.15. The first kappa shape index (κ1) is 13.2. The molecule has 4 heteroatoms. The highest BCUT2D eigenvalue weighted by Crippen LogP contribution is 2.12. The molecule has 1 aromatic heterocycles. The summed E-state index contributed by atoms with van der Waals surface area (Å²) >= 11 is 0. The number of likely N-dealkylation sites (N-methyl/N-ethyl adjacent to an activating group) is 1. The number of furan rings is 1. The Balaban J connectivity index is 2.36. The summed E-state index contributed by atoms with van der Waals surface area (Å²) in [6.45, 7) is 6.21. The van der Waals surface area contributed by atoms with Gasteiger partial charge in [-0.25, -0.2) is 0 Å². The molecule has 0 saturated heterocycles. The summed E-state index contributed by atoms with van der Waals surface area (Å²) in [7, 11) is 4.01. The third kappa shape index (κ3) is 4.35. The Bertz CT molecular complexity index is 286. The first-order chi connectivity index (χ1) is 7.77. The van der Waals surface area contributed by atoms with E-state index >= 15 is 0 Å². The topological polar surface area (TPSA) is 37.6 Å². The second kappa shape index (κ2) is 7.44. The molecule has 1 rings (SSSR count). The Morgan fingerprint density at radius 1 is 1.50 bits per heavy atom. The van der Waals surface area contributed by atoms with Crippen LogP contribution in [-0.2, 0) is 17.8 Å². The van der Waals surface area contributed by atoms with Gasteiger partial charge in [0.05, 0.1) is 19.4 Å². The molecule has 0 atom stereocenters. The van der Waals surface area contributed by atoms with Crippen LogP contribution in [0.25, 0.3) is 0 Å². The van der Waals surface area contributed by atoms with Gasteiger partial charge in [0.25, 0.3) is 0 Å². The van der Waals surface area contributed by atoms with E-state index in [1.54, 1.807) is 6.26 Å². The molecular weight excluding hydrogens is 204 g/mol. The SMILES string of the molecule is CCOCCN(C)Cc1ccoc1CNC. The van der Waals surface area contributed by atoms with Crippen LogP contribution in [-0.4, -0.2) is 38.8 Å². The summed E-state index contributed by atoms with van der Waals surface area (Å²) in [6.07, 6.45) is 1.75. The number of ether oxygens (including phenoxy) is 1. The number of hydrogen-bond donors (Lipinski definition) is 1. The smallest absolute Gasteiger partial charge is 0.122 e. The number of rotatable bonds is 8. The van der Waals surface area contributed by atoms with Gasteiger partial charge < -0.3 is 14.5 Å². The van der Waals surface area contributed by atoms with Gasteiger partial charge in [-0.1, -0.05) is 0 Å². The van der Waals surface area contributed by atoms with Crippen LogP contribution < -0.4 is 5.32 Å². The molecule has 1 N–H and O–H groups in total. The van der Waals surface area contributed by atoms with Gasteiger partial charge in [-0.3, -0.25) is 4.90 Å². The van der Waals surface area contributed by atoms with Crippen molar-refractivity contribution in [3.63, 3.8) is 0 Å². The highest BCUT2D eigenvalue weighted by molar-refractivity contribution is 5.16. The van der Waals surface area contributed by atoms with Gasteiger partial charge in [-0.15, -0.1) is 0 Å². The molecule has 0 aliphatic rings. The molecule has 16 heavy (non-hydrogen) atoms. The van der Waals surface area contributed by atoms with Gasteiger partial charge in [0.2, 0.25) is 0 Å². The maximum atomic E-state index is 5.41. The van der Waals surface area contributed by atoms with Crippen molar-refractivity contribution in [2.45, 2.75) is 20.0 Å². The van der Waals surface area contributed by atoms with E-state index in [1.165, 1.54) is 5.56 Å². The van der Waals surface area contributed by atoms with Crippen molar-refractivity contribution in [3.05, 3.63) is 23.7 Å². The third-order valence-electron chi connectivity index (χ3n) is 2.44. The molecule has 0 aliphatic carbocycles. The molecule has 0 fully saturated rings. The molecule has 4 nitrogen and oxygen atoms in total. The lowest BCUT2D eigenvalue weighted by atomic mass is 10.2. The average molecular weight is 226 g/mol. The summed E-state index contributed by atoms with van der Waals surface area (Å²) in [5, 5.41) is 3.10. The lowest BCUT2D eigenvalue weighted by molar-refractivity contribution is 0.120. The Hall–Kier alpha value is -0.840. The van der Waals surface area contributed by atoms with E-state index < -0.39 is 0 Å². The summed E-state index contributed by atoms with van der Waals surface area (Å²) < 4.78 is 10.7. The first-order valence-electron chi connectivity index (χ1n) is 5.74. The van der Waals surface area contributed by atoms with E-state index in [4.69, 9.17) is 9.15 Å². The highest BCUT2D eigenvalue weighted by Gasteiger charge is 2.07. The van der Waals surface area contributed by atoms with Gasteiger partial charge in [-0.2, -0.15) is 0 Å². The molecule has 1 aromatic rings. The predicted octanol–water partition coefficient (Wildman–Crippen LogP) is 1.47. The summed E-state index contributed by atoms with van der Waals surface area (Å²) in [5.41, 5.74) is 1.24. The maximum absolute atomic E-state index is 5.41. The molecule has 0 amide bonds. The number of nitrogens with one attached hydrogen (secondary N) is 1. The predicted molar refractivity (Wildman–Crippen MR) is 64.3 cm³/mol. The van der Waals surface area contributed by atoms with Crippen LogP contribution in [0.1, 0.15) is 18.2 Å². The van der Waals surface area contributed by atoms with Crippen molar-refractivity contribution in [1.29, 1.82) is 0 Å². The van der Waals surface area contributed by atoms with Gasteiger partial charge in [-0.05, 0) is 27.1 Å². The fraction of sp³-hybridized carbons (Fsp3) is 0.667. The molecule has 92 valence electrons. The van der Waals surface area contributed by atoms with Crippen LogP contribution in [0.4, 0.5) is 0 Å². The van der Waals surface area contributed by atoms with Crippen LogP contribution in [0.2, 0.25) is 0 Å². The molecule has 0 saturated carbocycles. The standard InChI is InChI=1S/C12H22N2O2/c1-4-15-8-6-14(3)10-11-5-7-16-12(11)9-13-2/h5,7,13H,4,6,8-10H2,1-3H3. The number of hydrogen-bond acceptors (Lipinski definition) is 4. The summed E-state index contributed by atoms with van der Waals surface area (Å²) in [4.78, 5) is 2.24. The van der Waals surface area contributed by atoms with Crippen LogP contribution in [0.3, 0.4) is 0 Å². The molecule has 1 heterocycles. The lowest BCUT2D eigenvalue weighted by Gasteiger charge is -2.16. The minimum absolute atomic E-state index is 0.779. The largest absolute Gasteiger partial charge is 0.468 e. The molecule has 0 spiro atoms. The van der Waals surface area contributed by atoms with E-state index in [0.717, 1.165) is 38.6 Å². The van der Waals surface area contributed by atoms with E-state index in [-0.39, 0.29) is 0 Å². The van der Waals surface area contributed by atoms with Gasteiger partial charge in [0, 0.05) is 25.3 Å². The highest BCUT2D eigenvalue weighted by atomic mass is 16.5. The van der Waals surface area contributed by atoms with Crippen molar-refractivity contribution in [1.82, 2.24) is 10.2 Å². The first-order valence-corrected chi connectivity index (χ1v) is 5.74. The quantitative estimate of drug-likeness (QED) is 0.681. The van der Waals surface area contributed by atoms with Crippen LogP contribution in [0, 0.1) is 0 Å². The van der Waals surface area contributed by atoms with Crippen molar-refractivity contribution in [3.8, 4) is 0 Å². The normalized spacial score (nSPS) is 11.2. The van der Waals surface area contributed by atoms with E-state index in [1.807, 2.05) is 20.0 Å². The van der Waals surface area contributed by atoms with Gasteiger partial charge in [0.1, 0.15) is 5.76 Å². The Morgan fingerprint density at radius 2 is 2.31 bits per heavy atom. The second-order valence-electron chi connectivity index (χ2n) is 3.83. The average Bonchev–Trinajstić information content (AvgIpc) is 2.67. The zero-order valence-electron chi connectivity index (χ0n) is 10.5. The minimum atomic E-state index is 0.779. The van der Waals surface area contributed by atoms with Crippen LogP contribution in [0.5, 0.6) is 0 Å². The fourth-order valence-corrected chi connectivity index (χ4v) is 1.56. The maximum Gasteiger partial charge on any atom is 0.122 e. The summed E-state index contributed by atoms with van der Waals surface area (Å²) in [6, 6.07) is 2.03. The molecule has 0 unspecified atom stereocenters.